The van der Waals surface area contributed by atoms with Crippen molar-refractivity contribution in [2.45, 2.75) is 40.2 Å². The van der Waals surface area contributed by atoms with Crippen LogP contribution in [-0.4, -0.2) is 17.6 Å². The summed E-state index contributed by atoms with van der Waals surface area (Å²) < 4.78 is 0. The lowest BCUT2D eigenvalue weighted by Gasteiger charge is -2.22. The van der Waals surface area contributed by atoms with Crippen molar-refractivity contribution >= 4 is 11.3 Å². The molecule has 0 radical (unpaired) electrons. The van der Waals surface area contributed by atoms with Gasteiger partial charge in [0.2, 0.25) is 0 Å². The summed E-state index contributed by atoms with van der Waals surface area (Å²) in [5.41, 5.74) is 1.92. The number of thiazole rings is 1. The fourth-order valence-electron chi connectivity index (χ4n) is 1.53. The molecule has 1 heterocycles. The Kier molecular flexibility index (Phi) is 5.26. The first-order valence-electron chi connectivity index (χ1n) is 5.70. The number of nitrogens with zero attached hydrogens (tertiary/aromatic N) is 1. The highest BCUT2D eigenvalue weighted by atomic mass is 32.1. The first-order chi connectivity index (χ1) is 7.09. The molecule has 15 heavy (non-hydrogen) atoms. The van der Waals surface area contributed by atoms with Gasteiger partial charge in [-0.2, -0.15) is 0 Å². The summed E-state index contributed by atoms with van der Waals surface area (Å²) in [4.78, 5) is 5.53. The van der Waals surface area contributed by atoms with Crippen molar-refractivity contribution in [3.8, 4) is 0 Å². The van der Waals surface area contributed by atoms with Crippen LogP contribution in [0.4, 0.5) is 0 Å². The van der Waals surface area contributed by atoms with E-state index in [1.54, 1.807) is 11.3 Å². The molecule has 0 aliphatic heterocycles. The first kappa shape index (κ1) is 12.7. The smallest absolute Gasteiger partial charge is 0.0794 e. The van der Waals surface area contributed by atoms with Crippen LogP contribution in [0.1, 0.15) is 32.6 Å². The third-order valence-electron chi connectivity index (χ3n) is 2.68. The molecular formula is C12H22N2S. The van der Waals surface area contributed by atoms with Crippen molar-refractivity contribution in [3.63, 3.8) is 0 Å². The van der Waals surface area contributed by atoms with Gasteiger partial charge < -0.3 is 5.32 Å². The Morgan fingerprint density at radius 2 is 2.07 bits per heavy atom. The average molecular weight is 226 g/mol. The quantitative estimate of drug-likeness (QED) is 0.806. The molecule has 1 unspecified atom stereocenters. The molecule has 0 aromatic carbocycles. The van der Waals surface area contributed by atoms with Crippen LogP contribution in [0.3, 0.4) is 0 Å². The van der Waals surface area contributed by atoms with Crippen LogP contribution in [-0.2, 0) is 6.42 Å². The van der Waals surface area contributed by atoms with E-state index in [9.17, 15) is 0 Å². The third kappa shape index (κ3) is 4.76. The molecule has 0 bridgehead atoms. The van der Waals surface area contributed by atoms with Gasteiger partial charge in [0.05, 0.1) is 5.51 Å². The Bertz CT molecular complexity index is 255. The molecule has 2 nitrogen and oxygen atoms in total. The molecule has 1 aromatic heterocycles. The number of rotatable bonds is 6. The number of hydrogen-bond donors (Lipinski definition) is 1. The lowest BCUT2D eigenvalue weighted by Crippen LogP contribution is -2.32. The topological polar surface area (TPSA) is 24.9 Å². The number of nitrogens with one attached hydrogen (secondary N) is 1. The van der Waals surface area contributed by atoms with Crippen molar-refractivity contribution in [2.75, 3.05) is 6.54 Å². The van der Waals surface area contributed by atoms with Crippen LogP contribution in [0.2, 0.25) is 0 Å². The Morgan fingerprint density at radius 1 is 1.33 bits per heavy atom. The van der Waals surface area contributed by atoms with Gasteiger partial charge in [0.1, 0.15) is 0 Å². The minimum Gasteiger partial charge on any atom is -0.314 e. The van der Waals surface area contributed by atoms with Crippen LogP contribution in [0.15, 0.2) is 11.7 Å². The fourth-order valence-corrected chi connectivity index (χ4v) is 2.22. The molecule has 0 spiro atoms. The zero-order chi connectivity index (χ0) is 11.3. The highest BCUT2D eigenvalue weighted by Crippen LogP contribution is 2.19. The molecule has 1 aromatic rings. The predicted octanol–water partition coefficient (Wildman–Crippen LogP) is 2.96. The van der Waals surface area contributed by atoms with Gasteiger partial charge in [-0.15, -0.1) is 11.3 Å². The van der Waals surface area contributed by atoms with Crippen molar-refractivity contribution in [1.29, 1.82) is 0 Å². The van der Waals surface area contributed by atoms with Gasteiger partial charge in [0.25, 0.3) is 0 Å². The van der Waals surface area contributed by atoms with E-state index in [-0.39, 0.29) is 0 Å². The van der Waals surface area contributed by atoms with E-state index in [4.69, 9.17) is 0 Å². The predicted molar refractivity (Wildman–Crippen MR) is 67.3 cm³/mol. The third-order valence-corrected chi connectivity index (χ3v) is 3.48. The second-order valence-corrected chi connectivity index (χ2v) is 5.71. The summed E-state index contributed by atoms with van der Waals surface area (Å²) in [6.07, 6.45) is 3.15. The summed E-state index contributed by atoms with van der Waals surface area (Å²) >= 11 is 1.76. The van der Waals surface area contributed by atoms with Crippen molar-refractivity contribution in [1.82, 2.24) is 10.3 Å². The summed E-state index contributed by atoms with van der Waals surface area (Å²) in [5.74, 6) is 1.44. The highest BCUT2D eigenvalue weighted by molar-refractivity contribution is 7.09. The van der Waals surface area contributed by atoms with Gasteiger partial charge in [-0.25, -0.2) is 0 Å². The Morgan fingerprint density at radius 3 is 2.53 bits per heavy atom. The van der Waals surface area contributed by atoms with E-state index in [2.05, 4.69) is 38.0 Å². The van der Waals surface area contributed by atoms with E-state index >= 15 is 0 Å². The van der Waals surface area contributed by atoms with E-state index in [0.717, 1.165) is 18.9 Å². The largest absolute Gasteiger partial charge is 0.314 e. The zero-order valence-corrected chi connectivity index (χ0v) is 11.0. The summed E-state index contributed by atoms with van der Waals surface area (Å²) in [6, 6.07) is 0.577. The van der Waals surface area contributed by atoms with Gasteiger partial charge in [-0.1, -0.05) is 27.7 Å². The lowest BCUT2D eigenvalue weighted by atomic mass is 9.92. The molecule has 0 aliphatic carbocycles. The van der Waals surface area contributed by atoms with Gasteiger partial charge in [0.15, 0.2) is 0 Å². The van der Waals surface area contributed by atoms with E-state index < -0.39 is 0 Å². The standard InChI is InChI=1S/C12H22N2S/c1-9(2)11(6-14-10(3)4)5-12-7-13-8-15-12/h7-11,14H,5-6H2,1-4H3. The summed E-state index contributed by atoms with van der Waals surface area (Å²) in [5, 5.41) is 3.52. The summed E-state index contributed by atoms with van der Waals surface area (Å²) in [7, 11) is 0. The van der Waals surface area contributed by atoms with E-state index in [0.29, 0.717) is 12.0 Å². The van der Waals surface area contributed by atoms with Crippen molar-refractivity contribution < 1.29 is 0 Å². The molecule has 0 fully saturated rings. The van der Waals surface area contributed by atoms with Crippen LogP contribution in [0, 0.1) is 11.8 Å². The van der Waals surface area contributed by atoms with Crippen molar-refractivity contribution in [2.24, 2.45) is 11.8 Å². The van der Waals surface area contributed by atoms with Crippen molar-refractivity contribution in [3.05, 3.63) is 16.6 Å². The van der Waals surface area contributed by atoms with Crippen LogP contribution in [0.25, 0.3) is 0 Å². The molecule has 1 rings (SSSR count). The average Bonchev–Trinajstić information content (AvgIpc) is 2.63. The second-order valence-electron chi connectivity index (χ2n) is 4.74. The molecule has 0 aliphatic rings. The Hall–Kier alpha value is -0.410. The molecule has 86 valence electrons. The molecule has 0 saturated heterocycles. The SMILES string of the molecule is CC(C)NCC(Cc1cncs1)C(C)C. The number of aromatic nitrogens is 1. The normalized spacial score (nSPS) is 13.7. The highest BCUT2D eigenvalue weighted by Gasteiger charge is 2.14. The lowest BCUT2D eigenvalue weighted by molar-refractivity contribution is 0.351. The maximum Gasteiger partial charge on any atom is 0.0794 e. The summed E-state index contributed by atoms with van der Waals surface area (Å²) in [6.45, 7) is 10.1. The van der Waals surface area contributed by atoms with Crippen LogP contribution in [0.5, 0.6) is 0 Å². The molecular weight excluding hydrogens is 204 g/mol. The molecule has 1 N–H and O–H groups in total. The second kappa shape index (κ2) is 6.23. The molecule has 3 heteroatoms. The molecule has 0 amide bonds. The van der Waals surface area contributed by atoms with Gasteiger partial charge in [-0.05, 0) is 24.8 Å². The van der Waals surface area contributed by atoms with Crippen LogP contribution >= 0.6 is 11.3 Å². The maximum atomic E-state index is 4.13. The monoisotopic (exact) mass is 226 g/mol. The minimum atomic E-state index is 0.577. The van der Waals surface area contributed by atoms with Crippen LogP contribution < -0.4 is 5.32 Å². The first-order valence-corrected chi connectivity index (χ1v) is 6.58. The van der Waals surface area contributed by atoms with Gasteiger partial charge in [-0.3, -0.25) is 4.98 Å². The minimum absolute atomic E-state index is 0.577. The zero-order valence-electron chi connectivity index (χ0n) is 10.2. The van der Waals surface area contributed by atoms with E-state index in [1.165, 1.54) is 4.88 Å². The molecule has 1 atom stereocenters. The Balaban J connectivity index is 2.44. The Labute approximate surface area is 97.1 Å². The maximum absolute atomic E-state index is 4.13. The van der Waals surface area contributed by atoms with Gasteiger partial charge >= 0.3 is 0 Å². The molecule has 0 saturated carbocycles. The number of hydrogen-bond acceptors (Lipinski definition) is 3. The fraction of sp³-hybridized carbons (Fsp3) is 0.750. The van der Waals surface area contributed by atoms with E-state index in [1.807, 2.05) is 11.7 Å². The van der Waals surface area contributed by atoms with Gasteiger partial charge in [0, 0.05) is 17.1 Å².